The second-order valence-corrected chi connectivity index (χ2v) is 7.53. The van der Waals surface area contributed by atoms with Crippen LogP contribution in [-0.4, -0.2) is 58.1 Å². The van der Waals surface area contributed by atoms with Crippen molar-refractivity contribution >= 4 is 5.91 Å². The zero-order valence-electron chi connectivity index (χ0n) is 16.5. The van der Waals surface area contributed by atoms with Crippen molar-refractivity contribution < 1.29 is 9.90 Å². The first-order valence-corrected chi connectivity index (χ1v) is 10.1. The van der Waals surface area contributed by atoms with Gasteiger partial charge >= 0.3 is 0 Å². The van der Waals surface area contributed by atoms with Crippen LogP contribution in [0.25, 0.3) is 0 Å². The van der Waals surface area contributed by atoms with E-state index < -0.39 is 6.10 Å². The first-order valence-electron chi connectivity index (χ1n) is 10.1. The summed E-state index contributed by atoms with van der Waals surface area (Å²) in [5.74, 6) is 0.0780. The molecule has 29 heavy (non-hydrogen) atoms. The summed E-state index contributed by atoms with van der Waals surface area (Å²) in [5, 5.41) is 10.4. The van der Waals surface area contributed by atoms with Gasteiger partial charge in [0.15, 0.2) is 0 Å². The van der Waals surface area contributed by atoms with Gasteiger partial charge in [0, 0.05) is 45.5 Å². The maximum atomic E-state index is 13.1. The number of hydrogen-bond donors (Lipinski definition) is 1. The molecule has 0 saturated carbocycles. The number of aliphatic hydroxyl groups is 1. The molecule has 1 unspecified atom stereocenters. The second kappa shape index (κ2) is 9.07. The number of carbonyl (C=O) groups excluding carboxylic acids is 1. The van der Waals surface area contributed by atoms with Crippen molar-refractivity contribution in [1.29, 1.82) is 0 Å². The van der Waals surface area contributed by atoms with E-state index in [-0.39, 0.29) is 5.91 Å². The topological polar surface area (TPSA) is 48.7 Å². The normalized spacial score (nSPS) is 16.0. The average Bonchev–Trinajstić information content (AvgIpc) is 3.23. The Labute approximate surface area is 171 Å². The zero-order valence-corrected chi connectivity index (χ0v) is 16.5. The number of nitrogens with zero attached hydrogens (tertiary/aromatic N) is 3. The molecule has 0 radical (unpaired) electrons. The first-order chi connectivity index (χ1) is 14.2. The Morgan fingerprint density at radius 3 is 2.21 bits per heavy atom. The summed E-state index contributed by atoms with van der Waals surface area (Å²) in [4.78, 5) is 17.2. The van der Waals surface area contributed by atoms with Crippen LogP contribution in [0.2, 0.25) is 0 Å². The van der Waals surface area contributed by atoms with E-state index in [1.807, 2.05) is 76.3 Å². The van der Waals surface area contributed by atoms with E-state index in [2.05, 4.69) is 17.0 Å². The third-order valence-electron chi connectivity index (χ3n) is 5.52. The quantitative estimate of drug-likeness (QED) is 0.705. The molecule has 1 amide bonds. The summed E-state index contributed by atoms with van der Waals surface area (Å²) in [6.07, 6.45) is 1.47. The van der Waals surface area contributed by atoms with Crippen LogP contribution in [-0.2, 0) is 6.54 Å². The van der Waals surface area contributed by atoms with E-state index in [0.29, 0.717) is 26.2 Å². The lowest BCUT2D eigenvalue weighted by Gasteiger charge is -2.35. The summed E-state index contributed by atoms with van der Waals surface area (Å²) >= 11 is 0. The molecule has 1 atom stereocenters. The summed E-state index contributed by atoms with van der Waals surface area (Å²) < 4.78 is 2.02. The highest BCUT2D eigenvalue weighted by atomic mass is 16.3. The number of benzene rings is 2. The highest BCUT2D eigenvalue weighted by molar-refractivity contribution is 5.92. The van der Waals surface area contributed by atoms with E-state index in [1.165, 1.54) is 5.56 Å². The van der Waals surface area contributed by atoms with Crippen LogP contribution < -0.4 is 0 Å². The Hall–Kier alpha value is -2.89. The number of hydrogen-bond acceptors (Lipinski definition) is 3. The average molecular weight is 389 g/mol. The largest absolute Gasteiger partial charge is 0.387 e. The van der Waals surface area contributed by atoms with Crippen LogP contribution in [0.4, 0.5) is 0 Å². The maximum Gasteiger partial charge on any atom is 0.270 e. The number of piperazine rings is 1. The fourth-order valence-electron chi connectivity index (χ4n) is 3.85. The molecule has 1 aliphatic heterocycles. The Bertz CT molecular complexity index is 916. The monoisotopic (exact) mass is 389 g/mol. The van der Waals surface area contributed by atoms with Gasteiger partial charge in [-0.2, -0.15) is 0 Å². The van der Waals surface area contributed by atoms with Crippen molar-refractivity contribution in [2.24, 2.45) is 0 Å². The van der Waals surface area contributed by atoms with Gasteiger partial charge in [0.25, 0.3) is 5.91 Å². The molecule has 1 N–H and O–H groups in total. The molecule has 1 aromatic heterocycles. The van der Waals surface area contributed by atoms with Gasteiger partial charge in [0.1, 0.15) is 5.69 Å². The molecule has 0 bridgehead atoms. The fraction of sp³-hybridized carbons (Fsp3) is 0.292. The number of aromatic nitrogens is 1. The standard InChI is InChI=1S/C24H27N3O2/c28-23(21-10-5-2-6-11-21)19-25-14-16-26(17-15-25)24(29)22-12-7-13-27(22)18-20-8-3-1-4-9-20/h1-13,23,28H,14-19H2. The van der Waals surface area contributed by atoms with Gasteiger partial charge in [-0.15, -0.1) is 0 Å². The van der Waals surface area contributed by atoms with Crippen molar-refractivity contribution in [2.45, 2.75) is 12.6 Å². The SMILES string of the molecule is O=C(c1cccn1Cc1ccccc1)N1CCN(CC(O)c2ccccc2)CC1. The highest BCUT2D eigenvalue weighted by Crippen LogP contribution is 2.16. The van der Waals surface area contributed by atoms with E-state index >= 15 is 0 Å². The minimum Gasteiger partial charge on any atom is -0.387 e. The number of amides is 1. The van der Waals surface area contributed by atoms with Crippen molar-refractivity contribution in [1.82, 2.24) is 14.4 Å². The van der Waals surface area contributed by atoms with Crippen LogP contribution in [0.5, 0.6) is 0 Å². The fourth-order valence-corrected chi connectivity index (χ4v) is 3.85. The summed E-state index contributed by atoms with van der Waals surface area (Å²) in [7, 11) is 0. The predicted octanol–water partition coefficient (Wildman–Crippen LogP) is 3.03. The molecule has 2 heterocycles. The van der Waals surface area contributed by atoms with Gasteiger partial charge in [0.05, 0.1) is 6.10 Å². The van der Waals surface area contributed by atoms with Crippen molar-refractivity contribution in [2.75, 3.05) is 32.7 Å². The molecular formula is C24H27N3O2. The van der Waals surface area contributed by atoms with Crippen LogP contribution in [0.15, 0.2) is 79.0 Å². The van der Waals surface area contributed by atoms with Crippen LogP contribution in [0.1, 0.15) is 27.7 Å². The molecular weight excluding hydrogens is 362 g/mol. The van der Waals surface area contributed by atoms with Gasteiger partial charge < -0.3 is 14.6 Å². The number of aliphatic hydroxyl groups excluding tert-OH is 1. The second-order valence-electron chi connectivity index (χ2n) is 7.53. The maximum absolute atomic E-state index is 13.1. The molecule has 3 aromatic rings. The minimum absolute atomic E-state index is 0.0780. The number of rotatable bonds is 6. The molecule has 2 aromatic carbocycles. The Morgan fingerprint density at radius 2 is 1.52 bits per heavy atom. The van der Waals surface area contributed by atoms with Crippen LogP contribution in [0.3, 0.4) is 0 Å². The van der Waals surface area contributed by atoms with E-state index in [1.54, 1.807) is 0 Å². The van der Waals surface area contributed by atoms with Crippen molar-refractivity contribution in [3.8, 4) is 0 Å². The van der Waals surface area contributed by atoms with Crippen molar-refractivity contribution in [3.63, 3.8) is 0 Å². The van der Waals surface area contributed by atoms with Crippen LogP contribution in [0, 0.1) is 0 Å². The van der Waals surface area contributed by atoms with Gasteiger partial charge in [-0.25, -0.2) is 0 Å². The molecule has 4 rings (SSSR count). The molecule has 1 aliphatic rings. The number of β-amino-alcohol motifs (C(OH)–C–C–N with tert-alkyl or cyclic N) is 1. The Morgan fingerprint density at radius 1 is 0.862 bits per heavy atom. The molecule has 1 fully saturated rings. The van der Waals surface area contributed by atoms with Crippen molar-refractivity contribution in [3.05, 3.63) is 95.8 Å². The number of carbonyl (C=O) groups is 1. The Kier molecular flexibility index (Phi) is 6.08. The van der Waals surface area contributed by atoms with E-state index in [0.717, 1.165) is 24.3 Å². The molecule has 1 saturated heterocycles. The molecule has 0 spiro atoms. The van der Waals surface area contributed by atoms with Gasteiger partial charge in [-0.05, 0) is 23.3 Å². The molecule has 150 valence electrons. The summed E-state index contributed by atoms with van der Waals surface area (Å²) in [6.45, 7) is 4.19. The summed E-state index contributed by atoms with van der Waals surface area (Å²) in [5.41, 5.74) is 2.84. The van der Waals surface area contributed by atoms with E-state index in [4.69, 9.17) is 0 Å². The third kappa shape index (κ3) is 4.75. The molecule has 0 aliphatic carbocycles. The first kappa shape index (κ1) is 19.4. The van der Waals surface area contributed by atoms with Gasteiger partial charge in [-0.1, -0.05) is 60.7 Å². The minimum atomic E-state index is -0.499. The van der Waals surface area contributed by atoms with Crippen LogP contribution >= 0.6 is 0 Å². The highest BCUT2D eigenvalue weighted by Gasteiger charge is 2.25. The smallest absolute Gasteiger partial charge is 0.270 e. The third-order valence-corrected chi connectivity index (χ3v) is 5.52. The zero-order chi connectivity index (χ0) is 20.1. The Balaban J connectivity index is 1.33. The predicted molar refractivity (Wildman–Crippen MR) is 114 cm³/mol. The van der Waals surface area contributed by atoms with E-state index in [9.17, 15) is 9.90 Å². The molecule has 5 heteroatoms. The lowest BCUT2D eigenvalue weighted by Crippen LogP contribution is -2.49. The molecule has 5 nitrogen and oxygen atoms in total. The van der Waals surface area contributed by atoms with Gasteiger partial charge in [0.2, 0.25) is 0 Å². The van der Waals surface area contributed by atoms with Gasteiger partial charge in [-0.3, -0.25) is 9.69 Å². The lowest BCUT2D eigenvalue weighted by atomic mass is 10.1. The summed E-state index contributed by atoms with van der Waals surface area (Å²) in [6, 6.07) is 23.8. The lowest BCUT2D eigenvalue weighted by molar-refractivity contribution is 0.0519.